The lowest BCUT2D eigenvalue weighted by Gasteiger charge is -2.24. The van der Waals surface area contributed by atoms with Crippen LogP contribution in [0.3, 0.4) is 0 Å². The Hall–Kier alpha value is -2.64. The van der Waals surface area contributed by atoms with E-state index in [4.69, 9.17) is 0 Å². The van der Waals surface area contributed by atoms with Crippen molar-refractivity contribution in [3.05, 3.63) is 72.1 Å². The number of likely N-dealkylation sites (tertiary alicyclic amines) is 1. The highest BCUT2D eigenvalue weighted by atomic mass is 32.2. The Morgan fingerprint density at radius 2 is 1.69 bits per heavy atom. The van der Waals surface area contributed by atoms with Crippen LogP contribution in [-0.4, -0.2) is 55.4 Å². The molecule has 168 valence electrons. The average Bonchev–Trinajstić information content (AvgIpc) is 3.48. The second kappa shape index (κ2) is 10.8. The number of hydrogen-bond donors (Lipinski definition) is 0. The summed E-state index contributed by atoms with van der Waals surface area (Å²) in [5, 5.41) is 9.54. The van der Waals surface area contributed by atoms with Crippen LogP contribution in [-0.2, 0) is 17.9 Å². The molecule has 0 radical (unpaired) electrons. The summed E-state index contributed by atoms with van der Waals surface area (Å²) in [6.07, 6.45) is 2.47. The number of aromatic nitrogens is 3. The van der Waals surface area contributed by atoms with Crippen molar-refractivity contribution in [3.8, 4) is 5.69 Å². The smallest absolute Gasteiger partial charge is 0.236 e. The quantitative estimate of drug-likeness (QED) is 0.454. The molecule has 7 heteroatoms. The molecule has 1 aliphatic rings. The lowest BCUT2D eigenvalue weighted by Crippen LogP contribution is -2.36. The third-order valence-corrected chi connectivity index (χ3v) is 6.85. The molecule has 1 fully saturated rings. The summed E-state index contributed by atoms with van der Waals surface area (Å²) in [7, 11) is 0. The molecule has 2 heterocycles. The van der Waals surface area contributed by atoms with Crippen LogP contribution >= 0.6 is 11.8 Å². The van der Waals surface area contributed by atoms with Crippen molar-refractivity contribution in [2.75, 3.05) is 19.6 Å². The molecule has 2 aromatic carbocycles. The summed E-state index contributed by atoms with van der Waals surface area (Å²) >= 11 is 1.49. The van der Waals surface area contributed by atoms with Gasteiger partial charge >= 0.3 is 0 Å². The molecule has 1 aromatic heterocycles. The molecule has 1 atom stereocenters. The minimum absolute atomic E-state index is 0.116. The van der Waals surface area contributed by atoms with Gasteiger partial charge in [0.1, 0.15) is 0 Å². The van der Waals surface area contributed by atoms with E-state index < -0.39 is 0 Å². The number of thioether (sulfide) groups is 1. The molecule has 1 aliphatic heterocycles. The maximum absolute atomic E-state index is 13.3. The molecule has 1 saturated heterocycles. The van der Waals surface area contributed by atoms with E-state index in [9.17, 15) is 4.79 Å². The van der Waals surface area contributed by atoms with E-state index in [2.05, 4.69) is 43.9 Å². The van der Waals surface area contributed by atoms with E-state index in [1.807, 2.05) is 55.1 Å². The number of rotatable bonds is 9. The van der Waals surface area contributed by atoms with Crippen molar-refractivity contribution in [3.63, 3.8) is 0 Å². The first kappa shape index (κ1) is 22.6. The van der Waals surface area contributed by atoms with Crippen molar-refractivity contribution < 1.29 is 4.79 Å². The van der Waals surface area contributed by atoms with Crippen LogP contribution in [0.2, 0.25) is 0 Å². The zero-order chi connectivity index (χ0) is 22.3. The van der Waals surface area contributed by atoms with E-state index in [1.54, 1.807) is 0 Å². The largest absolute Gasteiger partial charge is 0.338 e. The Morgan fingerprint density at radius 3 is 2.34 bits per heavy atom. The third kappa shape index (κ3) is 5.40. The van der Waals surface area contributed by atoms with Gasteiger partial charge in [0.15, 0.2) is 11.0 Å². The Labute approximate surface area is 194 Å². The zero-order valence-corrected chi connectivity index (χ0v) is 19.7. The number of para-hydroxylation sites is 1. The predicted molar refractivity (Wildman–Crippen MR) is 129 cm³/mol. The van der Waals surface area contributed by atoms with Crippen molar-refractivity contribution in [1.29, 1.82) is 0 Å². The van der Waals surface area contributed by atoms with Gasteiger partial charge in [0.25, 0.3) is 0 Å². The van der Waals surface area contributed by atoms with Gasteiger partial charge in [0.2, 0.25) is 5.91 Å². The normalized spacial score (nSPS) is 15.1. The van der Waals surface area contributed by atoms with Crippen LogP contribution in [0.4, 0.5) is 0 Å². The van der Waals surface area contributed by atoms with Crippen LogP contribution in [0.1, 0.15) is 38.1 Å². The Bertz CT molecular complexity index is 1000. The van der Waals surface area contributed by atoms with Crippen molar-refractivity contribution in [1.82, 2.24) is 24.6 Å². The Kier molecular flexibility index (Phi) is 7.60. The summed E-state index contributed by atoms with van der Waals surface area (Å²) in [6.45, 7) is 8.26. The van der Waals surface area contributed by atoms with Gasteiger partial charge in [0.05, 0.1) is 11.8 Å². The predicted octanol–water partition coefficient (Wildman–Crippen LogP) is 4.39. The van der Waals surface area contributed by atoms with Gasteiger partial charge in [-0.25, -0.2) is 0 Å². The van der Waals surface area contributed by atoms with Crippen molar-refractivity contribution >= 4 is 17.7 Å². The number of amides is 1. The highest BCUT2D eigenvalue weighted by molar-refractivity contribution is 8.00. The van der Waals surface area contributed by atoms with Gasteiger partial charge in [-0.2, -0.15) is 0 Å². The molecule has 0 aliphatic carbocycles. The highest BCUT2D eigenvalue weighted by Gasteiger charge is 2.25. The summed E-state index contributed by atoms with van der Waals surface area (Å²) in [5.41, 5.74) is 2.17. The second-order valence-electron chi connectivity index (χ2n) is 8.15. The fourth-order valence-corrected chi connectivity index (χ4v) is 5.04. The van der Waals surface area contributed by atoms with Crippen LogP contribution < -0.4 is 0 Å². The van der Waals surface area contributed by atoms with E-state index >= 15 is 0 Å². The Balaban J connectivity index is 1.53. The molecule has 1 unspecified atom stereocenters. The number of benzene rings is 2. The molecule has 6 nitrogen and oxygen atoms in total. The van der Waals surface area contributed by atoms with E-state index in [-0.39, 0.29) is 11.2 Å². The monoisotopic (exact) mass is 449 g/mol. The van der Waals surface area contributed by atoms with Gasteiger partial charge in [-0.15, -0.1) is 10.2 Å². The maximum atomic E-state index is 13.3. The van der Waals surface area contributed by atoms with Crippen LogP contribution in [0, 0.1) is 0 Å². The van der Waals surface area contributed by atoms with Gasteiger partial charge in [-0.1, -0.05) is 60.3 Å². The third-order valence-electron chi connectivity index (χ3n) is 5.82. The lowest BCUT2D eigenvalue weighted by molar-refractivity contribution is -0.130. The molecule has 32 heavy (non-hydrogen) atoms. The van der Waals surface area contributed by atoms with E-state index in [1.165, 1.54) is 24.6 Å². The first-order valence-electron chi connectivity index (χ1n) is 11.4. The SMILES string of the molecule is CCN(Cc1ccccc1)C(=O)C(C)Sc1nnc(CN2CCCC2)n1-c1ccccc1. The summed E-state index contributed by atoms with van der Waals surface area (Å²) < 4.78 is 2.11. The van der Waals surface area contributed by atoms with Gasteiger partial charge in [-0.05, 0) is 57.5 Å². The van der Waals surface area contributed by atoms with E-state index in [0.29, 0.717) is 13.1 Å². The molecular weight excluding hydrogens is 418 g/mol. The number of hydrogen-bond acceptors (Lipinski definition) is 5. The number of carbonyl (C=O) groups is 1. The molecule has 0 spiro atoms. The minimum Gasteiger partial charge on any atom is -0.338 e. The van der Waals surface area contributed by atoms with Gasteiger partial charge < -0.3 is 4.90 Å². The number of nitrogens with zero attached hydrogens (tertiary/aromatic N) is 5. The van der Waals surface area contributed by atoms with Crippen LogP contribution in [0.15, 0.2) is 65.8 Å². The second-order valence-corrected chi connectivity index (χ2v) is 9.46. The molecule has 3 aromatic rings. The minimum atomic E-state index is -0.259. The lowest BCUT2D eigenvalue weighted by atomic mass is 10.2. The zero-order valence-electron chi connectivity index (χ0n) is 18.9. The van der Waals surface area contributed by atoms with Gasteiger partial charge in [0, 0.05) is 18.8 Å². The molecule has 0 saturated carbocycles. The Morgan fingerprint density at radius 1 is 1.03 bits per heavy atom. The highest BCUT2D eigenvalue weighted by Crippen LogP contribution is 2.28. The van der Waals surface area contributed by atoms with Crippen LogP contribution in [0.25, 0.3) is 5.69 Å². The molecule has 1 amide bonds. The number of carbonyl (C=O) groups excluding carboxylic acids is 1. The van der Waals surface area contributed by atoms with E-state index in [0.717, 1.165) is 41.9 Å². The van der Waals surface area contributed by atoms with Crippen LogP contribution in [0.5, 0.6) is 0 Å². The fourth-order valence-electron chi connectivity index (χ4n) is 4.07. The first-order valence-corrected chi connectivity index (χ1v) is 12.2. The summed E-state index contributed by atoms with van der Waals surface area (Å²) in [4.78, 5) is 17.6. The molecule has 4 rings (SSSR count). The first-order chi connectivity index (χ1) is 15.7. The van der Waals surface area contributed by atoms with Crippen molar-refractivity contribution in [2.45, 2.75) is 50.2 Å². The average molecular weight is 450 g/mol. The molecule has 0 N–H and O–H groups in total. The summed E-state index contributed by atoms with van der Waals surface area (Å²) in [6, 6.07) is 20.3. The fraction of sp³-hybridized carbons (Fsp3) is 0.400. The topological polar surface area (TPSA) is 54.3 Å². The van der Waals surface area contributed by atoms with Crippen molar-refractivity contribution in [2.24, 2.45) is 0 Å². The molecule has 0 bridgehead atoms. The molecular formula is C25H31N5OS. The maximum Gasteiger partial charge on any atom is 0.236 e. The van der Waals surface area contributed by atoms with Gasteiger partial charge in [-0.3, -0.25) is 14.3 Å². The summed E-state index contributed by atoms with van der Waals surface area (Å²) in [5.74, 6) is 1.04. The standard InChI is InChI=1S/C25H31N5OS/c1-3-29(18-21-12-6-4-7-13-21)24(31)20(2)32-25-27-26-23(19-28-16-10-11-17-28)30(25)22-14-8-5-9-15-22/h4-9,12-15,20H,3,10-11,16-19H2,1-2H3.